The summed E-state index contributed by atoms with van der Waals surface area (Å²) in [5, 5.41) is 2.89. The van der Waals surface area contributed by atoms with Crippen LogP contribution < -0.4 is 11.1 Å². The van der Waals surface area contributed by atoms with Gasteiger partial charge in [0.15, 0.2) is 0 Å². The molecule has 5 nitrogen and oxygen atoms in total. The molecule has 0 spiro atoms. The summed E-state index contributed by atoms with van der Waals surface area (Å²) in [4.78, 5) is 26.0. The number of nitrogens with one attached hydrogen (secondary N) is 1. The van der Waals surface area contributed by atoms with Gasteiger partial charge < -0.3 is 16.0 Å². The second kappa shape index (κ2) is 9.64. The van der Waals surface area contributed by atoms with Gasteiger partial charge in [0.25, 0.3) is 0 Å². The van der Waals surface area contributed by atoms with E-state index in [1.165, 1.54) is 6.92 Å². The third-order valence-electron chi connectivity index (χ3n) is 4.51. The highest BCUT2D eigenvalue weighted by Crippen LogP contribution is 2.22. The molecule has 0 saturated carbocycles. The smallest absolute Gasteiger partial charge is 0.224 e. The van der Waals surface area contributed by atoms with Gasteiger partial charge in [0.1, 0.15) is 0 Å². The minimum atomic E-state index is -0.281. The minimum absolute atomic E-state index is 0. The van der Waals surface area contributed by atoms with Crippen LogP contribution in [0.25, 0.3) is 0 Å². The molecular formula is C18H28ClN3O2. The predicted octanol–water partition coefficient (Wildman–Crippen LogP) is 2.26. The highest BCUT2D eigenvalue weighted by molar-refractivity contribution is 5.85. The number of hydrogen-bond acceptors (Lipinski definition) is 3. The third kappa shape index (κ3) is 5.80. The fraction of sp³-hybridized carbons (Fsp3) is 0.556. The molecule has 2 rings (SSSR count). The van der Waals surface area contributed by atoms with Crippen LogP contribution in [0.1, 0.15) is 44.7 Å². The fourth-order valence-corrected chi connectivity index (χ4v) is 3.15. The molecule has 1 saturated heterocycles. The first kappa shape index (κ1) is 20.5. The Morgan fingerprint density at radius 1 is 1.33 bits per heavy atom. The number of benzene rings is 1. The lowest BCUT2D eigenvalue weighted by Gasteiger charge is -2.35. The summed E-state index contributed by atoms with van der Waals surface area (Å²) in [7, 11) is 0. The average Bonchev–Trinajstić information content (AvgIpc) is 2.54. The van der Waals surface area contributed by atoms with Gasteiger partial charge in [-0.25, -0.2) is 0 Å². The number of carbonyl (C=O) groups excluding carboxylic acids is 2. The molecule has 2 amide bonds. The zero-order valence-electron chi connectivity index (χ0n) is 14.4. The maximum atomic E-state index is 12.7. The quantitative estimate of drug-likeness (QED) is 0.852. The van der Waals surface area contributed by atoms with Crippen molar-refractivity contribution in [2.75, 3.05) is 13.1 Å². The summed E-state index contributed by atoms with van der Waals surface area (Å²) >= 11 is 0. The molecule has 1 aliphatic heterocycles. The summed E-state index contributed by atoms with van der Waals surface area (Å²) in [6.07, 6.45) is 2.36. The lowest BCUT2D eigenvalue weighted by molar-refractivity contribution is -0.134. The number of nitrogens with two attached hydrogens (primary N) is 1. The van der Waals surface area contributed by atoms with Crippen molar-refractivity contribution in [2.24, 2.45) is 11.7 Å². The van der Waals surface area contributed by atoms with E-state index in [1.807, 2.05) is 42.2 Å². The van der Waals surface area contributed by atoms with E-state index in [0.717, 1.165) is 31.5 Å². The average molecular weight is 354 g/mol. The van der Waals surface area contributed by atoms with Crippen molar-refractivity contribution in [3.05, 3.63) is 35.9 Å². The number of carbonyl (C=O) groups is 2. The summed E-state index contributed by atoms with van der Waals surface area (Å²) in [5.74, 6) is 0.320. The molecule has 3 atom stereocenters. The molecule has 1 aromatic carbocycles. The van der Waals surface area contributed by atoms with Crippen molar-refractivity contribution >= 4 is 24.2 Å². The van der Waals surface area contributed by atoms with Gasteiger partial charge >= 0.3 is 0 Å². The van der Waals surface area contributed by atoms with E-state index in [2.05, 4.69) is 5.32 Å². The molecular weight excluding hydrogens is 326 g/mol. The van der Waals surface area contributed by atoms with Crippen molar-refractivity contribution in [2.45, 2.75) is 45.2 Å². The van der Waals surface area contributed by atoms with Crippen molar-refractivity contribution in [3.63, 3.8) is 0 Å². The summed E-state index contributed by atoms with van der Waals surface area (Å²) in [5.41, 5.74) is 6.95. The first-order chi connectivity index (χ1) is 11.0. The highest BCUT2D eigenvalue weighted by atomic mass is 35.5. The van der Waals surface area contributed by atoms with Gasteiger partial charge in [-0.15, -0.1) is 12.4 Å². The van der Waals surface area contributed by atoms with Gasteiger partial charge in [0, 0.05) is 26.1 Å². The summed E-state index contributed by atoms with van der Waals surface area (Å²) < 4.78 is 0. The Bertz CT molecular complexity index is 536. The van der Waals surface area contributed by atoms with Crippen LogP contribution in [0.2, 0.25) is 0 Å². The number of nitrogens with zero attached hydrogens (tertiary/aromatic N) is 1. The highest BCUT2D eigenvalue weighted by Gasteiger charge is 2.27. The summed E-state index contributed by atoms with van der Waals surface area (Å²) in [6, 6.07) is 9.46. The van der Waals surface area contributed by atoms with E-state index in [-0.39, 0.29) is 42.7 Å². The molecule has 1 heterocycles. The van der Waals surface area contributed by atoms with E-state index in [9.17, 15) is 9.59 Å². The monoisotopic (exact) mass is 353 g/mol. The fourth-order valence-electron chi connectivity index (χ4n) is 3.15. The van der Waals surface area contributed by atoms with E-state index in [0.29, 0.717) is 5.92 Å². The van der Waals surface area contributed by atoms with Gasteiger partial charge in [-0.2, -0.15) is 0 Å². The van der Waals surface area contributed by atoms with Crippen LogP contribution in [-0.4, -0.2) is 35.8 Å². The van der Waals surface area contributed by atoms with Gasteiger partial charge in [0.05, 0.1) is 12.5 Å². The molecule has 1 aromatic rings. The van der Waals surface area contributed by atoms with Crippen LogP contribution >= 0.6 is 12.4 Å². The maximum absolute atomic E-state index is 12.7. The zero-order chi connectivity index (χ0) is 16.8. The number of likely N-dealkylation sites (tertiary alicyclic amines) is 1. The van der Waals surface area contributed by atoms with E-state index in [1.54, 1.807) is 0 Å². The molecule has 3 unspecified atom stereocenters. The second-order valence-corrected chi connectivity index (χ2v) is 6.47. The third-order valence-corrected chi connectivity index (χ3v) is 4.51. The van der Waals surface area contributed by atoms with E-state index in [4.69, 9.17) is 5.73 Å². The lowest BCUT2D eigenvalue weighted by Crippen LogP contribution is -2.46. The first-order valence-electron chi connectivity index (χ1n) is 8.32. The van der Waals surface area contributed by atoms with Crippen LogP contribution in [-0.2, 0) is 9.59 Å². The predicted molar refractivity (Wildman–Crippen MR) is 97.8 cm³/mol. The van der Waals surface area contributed by atoms with Crippen LogP contribution in [0.5, 0.6) is 0 Å². The standard InChI is InChI=1S/C18H27N3O2.ClH/c1-13(19)16-9-6-10-21(12-16)18(23)11-17(20-14(2)22)15-7-4-3-5-8-15;/h3-5,7-8,13,16-17H,6,9-12,19H2,1-2H3,(H,20,22);1H. The topological polar surface area (TPSA) is 75.4 Å². The largest absolute Gasteiger partial charge is 0.349 e. The molecule has 0 aliphatic carbocycles. The van der Waals surface area contributed by atoms with E-state index >= 15 is 0 Å². The van der Waals surface area contributed by atoms with Gasteiger partial charge in [-0.3, -0.25) is 9.59 Å². The first-order valence-corrected chi connectivity index (χ1v) is 8.32. The molecule has 1 aliphatic rings. The van der Waals surface area contributed by atoms with Gasteiger partial charge in [-0.1, -0.05) is 30.3 Å². The Hall–Kier alpha value is -1.59. The molecule has 3 N–H and O–H groups in total. The lowest BCUT2D eigenvalue weighted by atomic mass is 9.91. The number of halogens is 1. The number of piperidine rings is 1. The Kier molecular flexibility index (Phi) is 8.22. The van der Waals surface area contributed by atoms with Crippen molar-refractivity contribution < 1.29 is 9.59 Å². The van der Waals surface area contributed by atoms with Crippen LogP contribution in [0.4, 0.5) is 0 Å². The molecule has 0 radical (unpaired) electrons. The molecule has 1 fully saturated rings. The molecule has 134 valence electrons. The number of hydrogen-bond donors (Lipinski definition) is 2. The van der Waals surface area contributed by atoms with Crippen molar-refractivity contribution in [3.8, 4) is 0 Å². The SMILES string of the molecule is CC(=O)NC(CC(=O)N1CCCC(C(C)N)C1)c1ccccc1.Cl. The minimum Gasteiger partial charge on any atom is -0.349 e. The van der Waals surface area contributed by atoms with E-state index < -0.39 is 0 Å². The van der Waals surface area contributed by atoms with Crippen LogP contribution in [0.15, 0.2) is 30.3 Å². The Balaban J connectivity index is 0.00000288. The van der Waals surface area contributed by atoms with Crippen molar-refractivity contribution in [1.29, 1.82) is 0 Å². The van der Waals surface area contributed by atoms with Crippen molar-refractivity contribution in [1.82, 2.24) is 10.2 Å². The summed E-state index contributed by atoms with van der Waals surface area (Å²) in [6.45, 7) is 4.98. The molecule has 24 heavy (non-hydrogen) atoms. The number of rotatable bonds is 5. The van der Waals surface area contributed by atoms with Crippen LogP contribution in [0, 0.1) is 5.92 Å². The normalized spacial score (nSPS) is 19.8. The Labute approximate surface area is 150 Å². The molecule has 0 bridgehead atoms. The Morgan fingerprint density at radius 3 is 2.58 bits per heavy atom. The second-order valence-electron chi connectivity index (χ2n) is 6.47. The zero-order valence-corrected chi connectivity index (χ0v) is 15.2. The number of amides is 2. The molecule has 6 heteroatoms. The molecule has 0 aromatic heterocycles. The van der Waals surface area contributed by atoms with Gasteiger partial charge in [0.2, 0.25) is 11.8 Å². The van der Waals surface area contributed by atoms with Gasteiger partial charge in [-0.05, 0) is 31.2 Å². The Morgan fingerprint density at radius 2 is 2.00 bits per heavy atom. The maximum Gasteiger partial charge on any atom is 0.224 e. The van der Waals surface area contributed by atoms with Crippen LogP contribution in [0.3, 0.4) is 0 Å².